The van der Waals surface area contributed by atoms with Gasteiger partial charge in [-0.25, -0.2) is 4.98 Å². The maximum Gasteiger partial charge on any atom is 0.252 e. The molecule has 0 radical (unpaired) electrons. The number of hydrogen-bond donors (Lipinski definition) is 0. The molecule has 0 N–H and O–H groups in total. The van der Waals surface area contributed by atoms with E-state index in [-0.39, 0.29) is 0 Å². The molecule has 0 bridgehead atoms. The Hall–Kier alpha value is -1.95. The fraction of sp³-hybridized carbons (Fsp3) is 0.588. The predicted molar refractivity (Wildman–Crippen MR) is 86.0 cm³/mol. The van der Waals surface area contributed by atoms with Crippen molar-refractivity contribution in [2.24, 2.45) is 5.92 Å². The molecule has 1 aliphatic carbocycles. The molecule has 6 nitrogen and oxygen atoms in total. The number of anilines is 1. The zero-order valence-electron chi connectivity index (χ0n) is 13.3. The molecular formula is C17H22N4O2. The van der Waals surface area contributed by atoms with Gasteiger partial charge in [0.05, 0.1) is 6.61 Å². The van der Waals surface area contributed by atoms with Gasteiger partial charge in [-0.15, -0.1) is 0 Å². The molecule has 2 aromatic rings. The third-order valence-electron chi connectivity index (χ3n) is 4.43. The van der Waals surface area contributed by atoms with E-state index in [0.29, 0.717) is 18.3 Å². The van der Waals surface area contributed by atoms with Crippen molar-refractivity contribution in [1.82, 2.24) is 15.1 Å². The Kier molecular flexibility index (Phi) is 4.24. The highest BCUT2D eigenvalue weighted by atomic mass is 16.5. The molecule has 0 unspecified atom stereocenters. The number of rotatable bonds is 6. The molecule has 1 saturated carbocycles. The van der Waals surface area contributed by atoms with E-state index in [1.165, 1.54) is 32.1 Å². The van der Waals surface area contributed by atoms with Crippen LogP contribution < -0.4 is 4.90 Å². The first-order chi connectivity index (χ1) is 11.4. The van der Waals surface area contributed by atoms with Gasteiger partial charge < -0.3 is 14.2 Å². The summed E-state index contributed by atoms with van der Waals surface area (Å²) in [5, 5.41) is 4.07. The molecule has 6 heteroatoms. The summed E-state index contributed by atoms with van der Waals surface area (Å²) in [6.07, 6.45) is 8.16. The Morgan fingerprint density at radius 1 is 1.22 bits per heavy atom. The van der Waals surface area contributed by atoms with Crippen LogP contribution in [0.3, 0.4) is 0 Å². The van der Waals surface area contributed by atoms with Gasteiger partial charge in [0.1, 0.15) is 12.4 Å². The minimum atomic E-state index is 0.396. The Morgan fingerprint density at radius 2 is 2.09 bits per heavy atom. The number of hydrogen-bond acceptors (Lipinski definition) is 6. The Bertz CT molecular complexity index is 648. The van der Waals surface area contributed by atoms with Crippen LogP contribution in [0, 0.1) is 5.92 Å². The summed E-state index contributed by atoms with van der Waals surface area (Å²) in [6.45, 7) is 3.34. The van der Waals surface area contributed by atoms with Crippen molar-refractivity contribution in [2.45, 2.75) is 38.7 Å². The van der Waals surface area contributed by atoms with E-state index in [0.717, 1.165) is 37.0 Å². The summed E-state index contributed by atoms with van der Waals surface area (Å²) in [7, 11) is 0. The summed E-state index contributed by atoms with van der Waals surface area (Å²) in [6, 6.07) is 3.97. The van der Waals surface area contributed by atoms with Crippen LogP contribution in [-0.2, 0) is 11.3 Å². The minimum Gasteiger partial charge on any atom is -0.371 e. The summed E-state index contributed by atoms with van der Waals surface area (Å²) in [4.78, 5) is 11.2. The Labute approximate surface area is 135 Å². The Morgan fingerprint density at radius 3 is 2.91 bits per heavy atom. The maximum atomic E-state index is 5.59. The second-order valence-corrected chi connectivity index (χ2v) is 6.42. The van der Waals surface area contributed by atoms with E-state index >= 15 is 0 Å². The largest absolute Gasteiger partial charge is 0.371 e. The minimum absolute atomic E-state index is 0.396. The highest BCUT2D eigenvalue weighted by molar-refractivity contribution is 5.59. The second-order valence-electron chi connectivity index (χ2n) is 6.42. The molecule has 0 aromatic carbocycles. The molecule has 4 rings (SSSR count). The first-order valence-electron chi connectivity index (χ1n) is 8.50. The van der Waals surface area contributed by atoms with Crippen LogP contribution in [0.25, 0.3) is 11.4 Å². The molecule has 1 aliphatic heterocycles. The normalized spacial score (nSPS) is 18.3. The summed E-state index contributed by atoms with van der Waals surface area (Å²) >= 11 is 0. The molecule has 1 saturated heterocycles. The molecule has 122 valence electrons. The van der Waals surface area contributed by atoms with Crippen LogP contribution >= 0.6 is 0 Å². The average Bonchev–Trinajstić information content (AvgIpc) is 3.31. The van der Waals surface area contributed by atoms with Gasteiger partial charge in [0, 0.05) is 24.8 Å². The van der Waals surface area contributed by atoms with E-state index < -0.39 is 0 Å². The van der Waals surface area contributed by atoms with Crippen molar-refractivity contribution >= 4 is 5.82 Å². The van der Waals surface area contributed by atoms with E-state index in [4.69, 9.17) is 9.26 Å². The Balaban J connectivity index is 1.43. The van der Waals surface area contributed by atoms with E-state index in [2.05, 4.69) is 20.0 Å². The van der Waals surface area contributed by atoms with Gasteiger partial charge in [0.15, 0.2) is 0 Å². The smallest absolute Gasteiger partial charge is 0.252 e. The SMILES string of the molecule is c1cc(-c2noc(COCC3CC3)n2)cc(N2CCCCC2)n1. The maximum absolute atomic E-state index is 5.59. The van der Waals surface area contributed by atoms with Crippen molar-refractivity contribution in [3.8, 4) is 11.4 Å². The second kappa shape index (κ2) is 6.66. The molecule has 2 aromatic heterocycles. The molecular weight excluding hydrogens is 292 g/mol. The standard InChI is InChI=1S/C17H22N4O2/c1-2-8-21(9-3-1)15-10-14(6-7-18-15)17-19-16(23-20-17)12-22-11-13-4-5-13/h6-7,10,13H,1-5,8-9,11-12H2. The monoisotopic (exact) mass is 314 g/mol. The third kappa shape index (κ3) is 3.69. The first kappa shape index (κ1) is 14.6. The third-order valence-corrected chi connectivity index (χ3v) is 4.43. The molecule has 3 heterocycles. The average molecular weight is 314 g/mol. The van der Waals surface area contributed by atoms with Crippen LogP contribution in [-0.4, -0.2) is 34.8 Å². The van der Waals surface area contributed by atoms with Crippen LogP contribution in [0.1, 0.15) is 38.0 Å². The number of nitrogens with zero attached hydrogens (tertiary/aromatic N) is 4. The van der Waals surface area contributed by atoms with Gasteiger partial charge in [-0.1, -0.05) is 5.16 Å². The fourth-order valence-electron chi connectivity index (χ4n) is 2.88. The number of pyridine rings is 1. The molecule has 0 atom stereocenters. The quantitative estimate of drug-likeness (QED) is 0.816. The van der Waals surface area contributed by atoms with Gasteiger partial charge in [-0.3, -0.25) is 0 Å². The topological polar surface area (TPSA) is 64.3 Å². The number of aromatic nitrogens is 3. The van der Waals surface area contributed by atoms with E-state index in [9.17, 15) is 0 Å². The lowest BCUT2D eigenvalue weighted by Gasteiger charge is -2.27. The number of ether oxygens (including phenoxy) is 1. The van der Waals surface area contributed by atoms with Crippen LogP contribution in [0.5, 0.6) is 0 Å². The van der Waals surface area contributed by atoms with Crippen molar-refractivity contribution in [3.63, 3.8) is 0 Å². The highest BCUT2D eigenvalue weighted by Gasteiger charge is 2.21. The highest BCUT2D eigenvalue weighted by Crippen LogP contribution is 2.29. The zero-order valence-corrected chi connectivity index (χ0v) is 13.3. The molecule has 23 heavy (non-hydrogen) atoms. The predicted octanol–water partition coefficient (Wildman–Crippen LogP) is 3.05. The zero-order chi connectivity index (χ0) is 15.5. The van der Waals surface area contributed by atoms with Crippen molar-refractivity contribution in [3.05, 3.63) is 24.2 Å². The summed E-state index contributed by atoms with van der Waals surface area (Å²) in [5.74, 6) is 2.89. The summed E-state index contributed by atoms with van der Waals surface area (Å²) < 4.78 is 10.9. The van der Waals surface area contributed by atoms with Crippen LogP contribution in [0.4, 0.5) is 5.82 Å². The lowest BCUT2D eigenvalue weighted by atomic mass is 10.1. The van der Waals surface area contributed by atoms with E-state index in [1.54, 1.807) is 0 Å². The molecule has 2 fully saturated rings. The van der Waals surface area contributed by atoms with Crippen LogP contribution in [0.15, 0.2) is 22.9 Å². The summed E-state index contributed by atoms with van der Waals surface area (Å²) in [5.41, 5.74) is 0.942. The van der Waals surface area contributed by atoms with Gasteiger partial charge in [0.2, 0.25) is 5.82 Å². The van der Waals surface area contributed by atoms with Gasteiger partial charge in [0.25, 0.3) is 5.89 Å². The first-order valence-corrected chi connectivity index (χ1v) is 8.50. The van der Waals surface area contributed by atoms with Crippen molar-refractivity contribution in [2.75, 3.05) is 24.6 Å². The van der Waals surface area contributed by atoms with E-state index in [1.807, 2.05) is 18.3 Å². The molecule has 0 amide bonds. The lowest BCUT2D eigenvalue weighted by molar-refractivity contribution is 0.0894. The van der Waals surface area contributed by atoms with Gasteiger partial charge in [-0.2, -0.15) is 4.98 Å². The van der Waals surface area contributed by atoms with Crippen molar-refractivity contribution < 1.29 is 9.26 Å². The molecule has 0 spiro atoms. The number of piperidine rings is 1. The molecule has 2 aliphatic rings. The van der Waals surface area contributed by atoms with Gasteiger partial charge >= 0.3 is 0 Å². The lowest BCUT2D eigenvalue weighted by Crippen LogP contribution is -2.30. The van der Waals surface area contributed by atoms with Crippen LogP contribution in [0.2, 0.25) is 0 Å². The fourth-order valence-corrected chi connectivity index (χ4v) is 2.88. The van der Waals surface area contributed by atoms with Crippen molar-refractivity contribution in [1.29, 1.82) is 0 Å². The van der Waals surface area contributed by atoms with Gasteiger partial charge in [-0.05, 0) is 50.2 Å².